The summed E-state index contributed by atoms with van der Waals surface area (Å²) in [6.07, 6.45) is 2.28. The second kappa shape index (κ2) is 4.56. The van der Waals surface area contributed by atoms with Crippen molar-refractivity contribution in [3.63, 3.8) is 0 Å². The molecule has 0 aromatic carbocycles. The zero-order valence-electron chi connectivity index (χ0n) is 8.95. The lowest BCUT2D eigenvalue weighted by atomic mass is 10.4. The molecule has 0 fully saturated rings. The molecule has 0 aliphatic carbocycles. The molecule has 0 radical (unpaired) electrons. The Morgan fingerprint density at radius 3 is 2.71 bits per heavy atom. The predicted molar refractivity (Wildman–Crippen MR) is 57.3 cm³/mol. The fourth-order valence-electron chi connectivity index (χ4n) is 1.18. The Balaban J connectivity index is 1.97. The van der Waals surface area contributed by atoms with Crippen molar-refractivity contribution in [3.8, 4) is 0 Å². The first-order valence-corrected chi connectivity index (χ1v) is 4.77. The largest absolute Gasteiger partial charge is 0.361 e. The fourth-order valence-corrected chi connectivity index (χ4v) is 1.18. The van der Waals surface area contributed by atoms with Crippen molar-refractivity contribution in [3.05, 3.63) is 40.0 Å². The van der Waals surface area contributed by atoms with Gasteiger partial charge < -0.3 is 9.84 Å². The number of hydrogen-bond donors (Lipinski definition) is 1. The Morgan fingerprint density at radius 2 is 2.18 bits per heavy atom. The van der Waals surface area contributed by atoms with Crippen LogP contribution in [0.15, 0.2) is 23.0 Å². The highest BCUT2D eigenvalue weighted by atomic mass is 16.6. The molecule has 0 aliphatic rings. The lowest BCUT2D eigenvalue weighted by Crippen LogP contribution is -2.04. The summed E-state index contributed by atoms with van der Waals surface area (Å²) in [6, 6.07) is 1.78. The van der Waals surface area contributed by atoms with E-state index < -0.39 is 4.92 Å². The first kappa shape index (κ1) is 11.0. The number of nitro groups is 1. The van der Waals surface area contributed by atoms with Crippen LogP contribution in [0.5, 0.6) is 0 Å². The molecular weight excluding hydrogens is 226 g/mol. The molecule has 0 atom stereocenters. The smallest absolute Gasteiger partial charge is 0.305 e. The highest BCUT2D eigenvalue weighted by molar-refractivity contribution is 5.31. The predicted octanol–water partition coefficient (Wildman–Crippen LogP) is 1.29. The molecule has 1 N–H and O–H groups in total. The SMILES string of the molecule is Cc1cc(CNc2ncc([N+](=O)[O-])cn2)no1. The maximum Gasteiger partial charge on any atom is 0.305 e. The molecule has 17 heavy (non-hydrogen) atoms. The van der Waals surface area contributed by atoms with Crippen LogP contribution in [-0.4, -0.2) is 20.0 Å². The van der Waals surface area contributed by atoms with Gasteiger partial charge >= 0.3 is 5.69 Å². The van der Waals surface area contributed by atoms with Crippen molar-refractivity contribution in [2.45, 2.75) is 13.5 Å². The van der Waals surface area contributed by atoms with E-state index in [1.807, 2.05) is 0 Å². The fraction of sp³-hybridized carbons (Fsp3) is 0.222. The van der Waals surface area contributed by atoms with Gasteiger partial charge in [0.25, 0.3) is 0 Å². The maximum atomic E-state index is 10.4. The average molecular weight is 235 g/mol. The van der Waals surface area contributed by atoms with Crippen molar-refractivity contribution in [2.24, 2.45) is 0 Å². The third-order valence-corrected chi connectivity index (χ3v) is 1.95. The van der Waals surface area contributed by atoms with Crippen molar-refractivity contribution in [1.29, 1.82) is 0 Å². The molecule has 2 rings (SSSR count). The van der Waals surface area contributed by atoms with Crippen LogP contribution in [0.1, 0.15) is 11.5 Å². The molecular formula is C9H9N5O3. The first-order chi connectivity index (χ1) is 8.15. The van der Waals surface area contributed by atoms with Gasteiger partial charge in [0, 0.05) is 6.07 Å². The summed E-state index contributed by atoms with van der Waals surface area (Å²) >= 11 is 0. The third-order valence-electron chi connectivity index (χ3n) is 1.95. The Labute approximate surface area is 95.8 Å². The average Bonchev–Trinajstić information content (AvgIpc) is 2.73. The number of hydrogen-bond acceptors (Lipinski definition) is 7. The topological polar surface area (TPSA) is 107 Å². The van der Waals surface area contributed by atoms with E-state index in [2.05, 4.69) is 20.4 Å². The second-order valence-electron chi connectivity index (χ2n) is 3.30. The Kier molecular flexibility index (Phi) is 2.95. The quantitative estimate of drug-likeness (QED) is 0.628. The number of nitrogens with one attached hydrogen (secondary N) is 1. The van der Waals surface area contributed by atoms with E-state index in [-0.39, 0.29) is 5.69 Å². The van der Waals surface area contributed by atoms with Gasteiger partial charge in [-0.3, -0.25) is 10.1 Å². The zero-order chi connectivity index (χ0) is 12.3. The van der Waals surface area contributed by atoms with E-state index in [1.165, 1.54) is 0 Å². The van der Waals surface area contributed by atoms with Gasteiger partial charge in [0.1, 0.15) is 23.8 Å². The number of nitrogens with zero attached hydrogens (tertiary/aromatic N) is 4. The molecule has 0 aliphatic heterocycles. The van der Waals surface area contributed by atoms with Gasteiger partial charge in [-0.1, -0.05) is 5.16 Å². The number of rotatable bonds is 4. The summed E-state index contributed by atoms with van der Waals surface area (Å²) in [7, 11) is 0. The minimum Gasteiger partial charge on any atom is -0.361 e. The molecule has 2 aromatic rings. The van der Waals surface area contributed by atoms with Crippen molar-refractivity contribution >= 4 is 11.6 Å². The minimum absolute atomic E-state index is 0.146. The Bertz CT molecular complexity index is 522. The molecule has 2 aromatic heterocycles. The summed E-state index contributed by atoms with van der Waals surface area (Å²) in [5.41, 5.74) is 0.567. The van der Waals surface area contributed by atoms with E-state index >= 15 is 0 Å². The van der Waals surface area contributed by atoms with Crippen LogP contribution in [0.25, 0.3) is 0 Å². The van der Waals surface area contributed by atoms with Gasteiger partial charge in [0.2, 0.25) is 5.95 Å². The maximum absolute atomic E-state index is 10.4. The van der Waals surface area contributed by atoms with Crippen molar-refractivity contribution in [1.82, 2.24) is 15.1 Å². The van der Waals surface area contributed by atoms with Crippen LogP contribution in [0, 0.1) is 17.0 Å². The molecule has 2 heterocycles. The summed E-state index contributed by atoms with van der Waals surface area (Å²) in [4.78, 5) is 17.4. The molecule has 0 unspecified atom stereocenters. The summed E-state index contributed by atoms with van der Waals surface area (Å²) < 4.78 is 4.88. The van der Waals surface area contributed by atoms with Gasteiger partial charge in [0.05, 0.1) is 11.5 Å². The molecule has 0 amide bonds. The lowest BCUT2D eigenvalue weighted by Gasteiger charge is -2.00. The van der Waals surface area contributed by atoms with Crippen molar-refractivity contribution < 1.29 is 9.45 Å². The van der Waals surface area contributed by atoms with Gasteiger partial charge in [-0.2, -0.15) is 0 Å². The Morgan fingerprint density at radius 1 is 1.47 bits per heavy atom. The standard InChI is InChI=1S/C9H9N5O3/c1-6-2-7(13-17-6)3-10-9-11-4-8(5-12-9)14(15)16/h2,4-5H,3H2,1H3,(H,10,11,12). The van der Waals surface area contributed by atoms with Crippen LogP contribution in [0.2, 0.25) is 0 Å². The molecule has 0 bridgehead atoms. The van der Waals surface area contributed by atoms with E-state index in [9.17, 15) is 10.1 Å². The molecule has 88 valence electrons. The molecule has 0 saturated carbocycles. The van der Waals surface area contributed by atoms with Gasteiger partial charge in [-0.25, -0.2) is 9.97 Å². The summed E-state index contributed by atoms with van der Waals surface area (Å²) in [6.45, 7) is 2.19. The Hall–Kier alpha value is -2.51. The van der Waals surface area contributed by atoms with Crippen LogP contribution < -0.4 is 5.32 Å². The van der Waals surface area contributed by atoms with Crippen LogP contribution >= 0.6 is 0 Å². The van der Waals surface area contributed by atoms with Crippen LogP contribution in [-0.2, 0) is 6.54 Å². The number of anilines is 1. The normalized spacial score (nSPS) is 10.2. The van der Waals surface area contributed by atoms with Gasteiger partial charge in [-0.15, -0.1) is 0 Å². The van der Waals surface area contributed by atoms with Gasteiger partial charge in [-0.05, 0) is 6.92 Å². The molecule has 8 heteroatoms. The van der Waals surface area contributed by atoms with E-state index in [0.717, 1.165) is 12.4 Å². The minimum atomic E-state index is -0.551. The summed E-state index contributed by atoms with van der Waals surface area (Å²) in [5.74, 6) is 1.02. The highest BCUT2D eigenvalue weighted by Gasteiger charge is 2.07. The number of aromatic nitrogens is 3. The van der Waals surface area contributed by atoms with Crippen LogP contribution in [0.3, 0.4) is 0 Å². The van der Waals surface area contributed by atoms with Crippen molar-refractivity contribution in [2.75, 3.05) is 5.32 Å². The monoisotopic (exact) mass is 235 g/mol. The lowest BCUT2D eigenvalue weighted by molar-refractivity contribution is -0.385. The molecule has 0 saturated heterocycles. The van der Waals surface area contributed by atoms with E-state index in [1.54, 1.807) is 13.0 Å². The third kappa shape index (κ3) is 2.74. The number of aryl methyl sites for hydroxylation is 1. The molecule has 8 nitrogen and oxygen atoms in total. The van der Waals surface area contributed by atoms with Gasteiger partial charge in [0.15, 0.2) is 0 Å². The van der Waals surface area contributed by atoms with Crippen LogP contribution in [0.4, 0.5) is 11.6 Å². The van der Waals surface area contributed by atoms with E-state index in [0.29, 0.717) is 23.9 Å². The molecule has 0 spiro atoms. The summed E-state index contributed by atoms with van der Waals surface area (Å²) in [5, 5.41) is 17.0. The zero-order valence-corrected chi connectivity index (χ0v) is 8.95. The second-order valence-corrected chi connectivity index (χ2v) is 3.30. The van der Waals surface area contributed by atoms with E-state index in [4.69, 9.17) is 4.52 Å². The highest BCUT2D eigenvalue weighted by Crippen LogP contribution is 2.09. The first-order valence-electron chi connectivity index (χ1n) is 4.77.